The zero-order valence-electron chi connectivity index (χ0n) is 11.4. The molecule has 6 heteroatoms. The van der Waals surface area contributed by atoms with Crippen molar-refractivity contribution < 1.29 is 24.5 Å². The van der Waals surface area contributed by atoms with Crippen LogP contribution in [0.1, 0.15) is 36.3 Å². The number of fused-ring (bicyclic) bond motifs is 2. The highest BCUT2D eigenvalue weighted by Gasteiger charge is 2.49. The summed E-state index contributed by atoms with van der Waals surface area (Å²) in [5, 5.41) is 29.2. The normalized spacial score (nSPS) is 31.5. The predicted molar refractivity (Wildman–Crippen MR) is 72.4 cm³/mol. The van der Waals surface area contributed by atoms with Gasteiger partial charge in [0.1, 0.15) is 5.82 Å². The second kappa shape index (κ2) is 5.27. The standard InChI is InChI=1S/C15H18FNO4/c16-9-2-1-8(7-18)11(5-9)14-12-4-3-10(6-13(14)19)17(12)15(20)21/h1-2,5,10,12-14,18-19H,3-4,6-7H2,(H,20,21). The summed E-state index contributed by atoms with van der Waals surface area (Å²) in [7, 11) is 0. The minimum absolute atomic E-state index is 0.162. The predicted octanol–water partition coefficient (Wildman–Crippen LogP) is 1.68. The number of carbonyl (C=O) groups is 1. The van der Waals surface area contributed by atoms with Crippen LogP contribution in [0.5, 0.6) is 0 Å². The molecule has 5 nitrogen and oxygen atoms in total. The number of hydrogen-bond acceptors (Lipinski definition) is 3. The van der Waals surface area contributed by atoms with E-state index in [1.54, 1.807) is 0 Å². The minimum atomic E-state index is -0.999. The molecule has 0 spiro atoms. The van der Waals surface area contributed by atoms with Gasteiger partial charge in [0.25, 0.3) is 0 Å². The molecule has 2 heterocycles. The number of nitrogens with zero attached hydrogens (tertiary/aromatic N) is 1. The van der Waals surface area contributed by atoms with Crippen molar-refractivity contribution >= 4 is 6.09 Å². The van der Waals surface area contributed by atoms with Crippen LogP contribution in [0.3, 0.4) is 0 Å². The van der Waals surface area contributed by atoms with Gasteiger partial charge in [0, 0.05) is 18.0 Å². The highest BCUT2D eigenvalue weighted by atomic mass is 19.1. The number of carboxylic acid groups (broad SMARTS) is 1. The molecular formula is C15H18FNO4. The van der Waals surface area contributed by atoms with Crippen LogP contribution in [0.4, 0.5) is 9.18 Å². The number of rotatable bonds is 2. The number of aliphatic hydroxyl groups excluding tert-OH is 2. The van der Waals surface area contributed by atoms with E-state index in [9.17, 15) is 24.5 Å². The SMILES string of the molecule is O=C(O)N1C2CCC1C(c1cc(F)ccc1CO)C(O)C2. The number of aliphatic hydroxyl groups is 2. The molecule has 2 aliphatic rings. The van der Waals surface area contributed by atoms with Gasteiger partial charge < -0.3 is 20.2 Å². The summed E-state index contributed by atoms with van der Waals surface area (Å²) >= 11 is 0. The first-order valence-electron chi connectivity index (χ1n) is 7.11. The molecule has 2 bridgehead atoms. The van der Waals surface area contributed by atoms with Gasteiger partial charge in [-0.05, 0) is 42.5 Å². The Morgan fingerprint density at radius 2 is 2.14 bits per heavy atom. The van der Waals surface area contributed by atoms with Crippen molar-refractivity contribution in [3.63, 3.8) is 0 Å². The Labute approximate surface area is 121 Å². The van der Waals surface area contributed by atoms with Gasteiger partial charge in [0.05, 0.1) is 12.7 Å². The van der Waals surface area contributed by atoms with Crippen molar-refractivity contribution in [1.29, 1.82) is 0 Å². The highest BCUT2D eigenvalue weighted by Crippen LogP contribution is 2.45. The average molecular weight is 295 g/mol. The van der Waals surface area contributed by atoms with Crippen LogP contribution in [-0.4, -0.2) is 44.5 Å². The molecule has 1 amide bonds. The Bertz CT molecular complexity index is 565. The maximum absolute atomic E-state index is 13.6. The maximum atomic E-state index is 13.6. The number of benzene rings is 1. The Kier molecular flexibility index (Phi) is 3.59. The molecule has 1 aromatic rings. The first kappa shape index (κ1) is 14.3. The lowest BCUT2D eigenvalue weighted by Crippen LogP contribution is -2.52. The van der Waals surface area contributed by atoms with Crippen molar-refractivity contribution in [3.05, 3.63) is 35.1 Å². The second-order valence-electron chi connectivity index (χ2n) is 5.82. The van der Waals surface area contributed by atoms with E-state index in [4.69, 9.17) is 0 Å². The van der Waals surface area contributed by atoms with Crippen LogP contribution in [-0.2, 0) is 6.61 Å². The third kappa shape index (κ3) is 2.28. The Balaban J connectivity index is 2.04. The third-order valence-electron chi connectivity index (χ3n) is 4.75. The number of hydrogen-bond donors (Lipinski definition) is 3. The van der Waals surface area contributed by atoms with E-state index in [1.807, 2.05) is 0 Å². The third-order valence-corrected chi connectivity index (χ3v) is 4.75. The summed E-state index contributed by atoms with van der Waals surface area (Å²) in [6, 6.07) is 3.53. The van der Waals surface area contributed by atoms with Crippen molar-refractivity contribution in [3.8, 4) is 0 Å². The van der Waals surface area contributed by atoms with Crippen molar-refractivity contribution in [2.24, 2.45) is 0 Å². The molecular weight excluding hydrogens is 277 g/mol. The van der Waals surface area contributed by atoms with E-state index in [-0.39, 0.29) is 18.7 Å². The lowest BCUT2D eigenvalue weighted by Gasteiger charge is -2.42. The molecule has 4 unspecified atom stereocenters. The lowest BCUT2D eigenvalue weighted by atomic mass is 9.80. The van der Waals surface area contributed by atoms with Crippen LogP contribution < -0.4 is 0 Å². The molecule has 3 N–H and O–H groups in total. The first-order valence-corrected chi connectivity index (χ1v) is 7.11. The molecule has 0 aliphatic carbocycles. The monoisotopic (exact) mass is 295 g/mol. The fraction of sp³-hybridized carbons (Fsp3) is 0.533. The molecule has 2 fully saturated rings. The topological polar surface area (TPSA) is 81.0 Å². The van der Waals surface area contributed by atoms with E-state index in [2.05, 4.69) is 0 Å². The van der Waals surface area contributed by atoms with Gasteiger partial charge in [0.2, 0.25) is 0 Å². The van der Waals surface area contributed by atoms with Gasteiger partial charge in [-0.1, -0.05) is 6.07 Å². The van der Waals surface area contributed by atoms with Gasteiger partial charge >= 0.3 is 6.09 Å². The van der Waals surface area contributed by atoms with Crippen molar-refractivity contribution in [2.75, 3.05) is 0 Å². The fourth-order valence-corrected chi connectivity index (χ4v) is 3.91. The van der Waals surface area contributed by atoms with Gasteiger partial charge in [-0.3, -0.25) is 0 Å². The van der Waals surface area contributed by atoms with E-state index >= 15 is 0 Å². The minimum Gasteiger partial charge on any atom is -0.465 e. The van der Waals surface area contributed by atoms with Crippen molar-refractivity contribution in [2.45, 2.75) is 50.0 Å². The summed E-state index contributed by atoms with van der Waals surface area (Å²) in [5.74, 6) is -0.936. The molecule has 114 valence electrons. The number of piperidine rings is 1. The Morgan fingerprint density at radius 3 is 2.81 bits per heavy atom. The van der Waals surface area contributed by atoms with Crippen LogP contribution in [0.15, 0.2) is 18.2 Å². The van der Waals surface area contributed by atoms with Gasteiger partial charge in [-0.2, -0.15) is 0 Å². The van der Waals surface area contributed by atoms with Crippen LogP contribution >= 0.6 is 0 Å². The van der Waals surface area contributed by atoms with Gasteiger partial charge in [0.15, 0.2) is 0 Å². The van der Waals surface area contributed by atoms with E-state index < -0.39 is 23.9 Å². The molecule has 0 saturated carbocycles. The summed E-state index contributed by atoms with van der Waals surface area (Å²) < 4.78 is 13.6. The summed E-state index contributed by atoms with van der Waals surface area (Å²) in [6.45, 7) is -0.262. The van der Waals surface area contributed by atoms with Crippen LogP contribution in [0.25, 0.3) is 0 Å². The van der Waals surface area contributed by atoms with E-state index in [0.29, 0.717) is 30.4 Å². The first-order chi connectivity index (χ1) is 10.0. The van der Waals surface area contributed by atoms with Gasteiger partial charge in [-0.25, -0.2) is 9.18 Å². The Morgan fingerprint density at radius 1 is 1.38 bits per heavy atom. The Hall–Kier alpha value is -1.66. The van der Waals surface area contributed by atoms with E-state index in [0.717, 1.165) is 0 Å². The summed E-state index contributed by atoms with van der Waals surface area (Å²) in [5.41, 5.74) is 1.05. The molecule has 1 aromatic carbocycles. The fourth-order valence-electron chi connectivity index (χ4n) is 3.91. The molecule has 4 atom stereocenters. The maximum Gasteiger partial charge on any atom is 0.407 e. The molecule has 0 aromatic heterocycles. The lowest BCUT2D eigenvalue weighted by molar-refractivity contribution is 0.0186. The second-order valence-corrected chi connectivity index (χ2v) is 5.82. The van der Waals surface area contributed by atoms with E-state index in [1.165, 1.54) is 23.1 Å². The van der Waals surface area contributed by atoms with Crippen LogP contribution in [0.2, 0.25) is 0 Å². The molecule has 21 heavy (non-hydrogen) atoms. The zero-order valence-corrected chi connectivity index (χ0v) is 11.4. The largest absolute Gasteiger partial charge is 0.465 e. The summed E-state index contributed by atoms with van der Waals surface area (Å²) in [4.78, 5) is 12.8. The molecule has 3 rings (SSSR count). The number of halogens is 1. The molecule has 0 radical (unpaired) electrons. The van der Waals surface area contributed by atoms with Gasteiger partial charge in [-0.15, -0.1) is 0 Å². The zero-order chi connectivity index (χ0) is 15.1. The number of amides is 1. The quantitative estimate of drug-likeness (QED) is 0.775. The smallest absolute Gasteiger partial charge is 0.407 e. The summed E-state index contributed by atoms with van der Waals surface area (Å²) in [6.07, 6.45) is 0.00927. The average Bonchev–Trinajstić information content (AvgIpc) is 2.75. The van der Waals surface area contributed by atoms with Crippen LogP contribution in [0, 0.1) is 5.82 Å². The molecule has 2 aliphatic heterocycles. The van der Waals surface area contributed by atoms with Crippen molar-refractivity contribution in [1.82, 2.24) is 4.90 Å². The molecule has 2 saturated heterocycles. The highest BCUT2D eigenvalue weighted by molar-refractivity contribution is 5.67.